The summed E-state index contributed by atoms with van der Waals surface area (Å²) in [6.45, 7) is 1.41. The highest BCUT2D eigenvalue weighted by molar-refractivity contribution is 5.76. The average molecular weight is 332 g/mol. The summed E-state index contributed by atoms with van der Waals surface area (Å²) in [6, 6.07) is 3.20. The van der Waals surface area contributed by atoms with Crippen molar-refractivity contribution in [2.75, 3.05) is 18.0 Å². The molecule has 0 aliphatic carbocycles. The summed E-state index contributed by atoms with van der Waals surface area (Å²) in [7, 11) is 3.09. The Morgan fingerprint density at radius 1 is 1.33 bits per heavy atom. The third-order valence-corrected chi connectivity index (χ3v) is 4.24. The van der Waals surface area contributed by atoms with Gasteiger partial charge in [-0.2, -0.15) is 5.10 Å². The van der Waals surface area contributed by atoms with E-state index in [0.29, 0.717) is 18.9 Å². The van der Waals surface area contributed by atoms with Crippen LogP contribution in [0.5, 0.6) is 0 Å². The van der Waals surface area contributed by atoms with Crippen molar-refractivity contribution in [3.05, 3.63) is 45.4 Å². The largest absolute Gasteiger partial charge is 0.356 e. The molecule has 0 unspecified atom stereocenters. The minimum Gasteiger partial charge on any atom is -0.356 e. The maximum Gasteiger partial charge on any atom is 0.332 e. The molecule has 1 atom stereocenters. The molecule has 2 aromatic heterocycles. The van der Waals surface area contributed by atoms with E-state index in [9.17, 15) is 14.4 Å². The zero-order valence-electron chi connectivity index (χ0n) is 13.7. The van der Waals surface area contributed by atoms with Crippen LogP contribution < -0.4 is 21.5 Å². The van der Waals surface area contributed by atoms with E-state index in [0.717, 1.165) is 11.0 Å². The number of amides is 1. The lowest BCUT2D eigenvalue weighted by Crippen LogP contribution is -2.42. The molecule has 1 amide bonds. The van der Waals surface area contributed by atoms with E-state index in [-0.39, 0.29) is 29.7 Å². The Kier molecular flexibility index (Phi) is 4.24. The van der Waals surface area contributed by atoms with Gasteiger partial charge in [0.25, 0.3) is 5.56 Å². The van der Waals surface area contributed by atoms with Crippen LogP contribution in [0.25, 0.3) is 0 Å². The number of nitrogens with one attached hydrogen (secondary N) is 1. The molecule has 2 aromatic rings. The predicted molar refractivity (Wildman–Crippen MR) is 87.9 cm³/mol. The second-order valence-electron chi connectivity index (χ2n) is 5.94. The van der Waals surface area contributed by atoms with E-state index in [1.807, 2.05) is 4.90 Å². The maximum atomic E-state index is 12.0. The lowest BCUT2D eigenvalue weighted by atomic mass is 10.2. The summed E-state index contributed by atoms with van der Waals surface area (Å²) < 4.78 is 4.09. The average Bonchev–Trinajstić information content (AvgIpc) is 3.21. The van der Waals surface area contributed by atoms with Gasteiger partial charge in [-0.1, -0.05) is 0 Å². The number of rotatable bonds is 4. The SMILES string of the molecule is Cn1c(N2CC[C@H](NC(=O)Cn3cccn3)C2)cc(=O)n(C)c1=O. The van der Waals surface area contributed by atoms with Crippen LogP contribution in [-0.4, -0.2) is 44.0 Å². The van der Waals surface area contributed by atoms with Crippen LogP contribution >= 0.6 is 0 Å². The molecule has 24 heavy (non-hydrogen) atoms. The molecule has 1 fully saturated rings. The zero-order chi connectivity index (χ0) is 17.3. The van der Waals surface area contributed by atoms with Crippen LogP contribution in [0.4, 0.5) is 5.82 Å². The van der Waals surface area contributed by atoms with Gasteiger partial charge in [0.05, 0.1) is 0 Å². The second-order valence-corrected chi connectivity index (χ2v) is 5.94. The van der Waals surface area contributed by atoms with Gasteiger partial charge in [-0.05, 0) is 12.5 Å². The first-order chi connectivity index (χ1) is 11.5. The lowest BCUT2D eigenvalue weighted by molar-refractivity contribution is -0.122. The van der Waals surface area contributed by atoms with Crippen molar-refractivity contribution >= 4 is 11.7 Å². The minimum absolute atomic E-state index is 0.0211. The van der Waals surface area contributed by atoms with Gasteiger partial charge in [0.1, 0.15) is 12.4 Å². The van der Waals surface area contributed by atoms with Crippen LogP contribution in [-0.2, 0) is 25.4 Å². The Labute approximate surface area is 138 Å². The minimum atomic E-state index is -0.358. The Bertz CT molecular complexity index is 851. The summed E-state index contributed by atoms with van der Waals surface area (Å²) in [6.07, 6.45) is 4.12. The summed E-state index contributed by atoms with van der Waals surface area (Å²) >= 11 is 0. The molecule has 0 radical (unpaired) electrons. The molecule has 1 saturated heterocycles. The Balaban J connectivity index is 1.67. The van der Waals surface area contributed by atoms with Crippen LogP contribution in [0.1, 0.15) is 6.42 Å². The molecule has 3 rings (SSSR count). The van der Waals surface area contributed by atoms with Gasteiger partial charge >= 0.3 is 5.69 Å². The molecule has 1 N–H and O–H groups in total. The van der Waals surface area contributed by atoms with E-state index in [4.69, 9.17) is 0 Å². The van der Waals surface area contributed by atoms with Crippen molar-refractivity contribution < 1.29 is 4.79 Å². The molecule has 0 saturated carbocycles. The van der Waals surface area contributed by atoms with Crippen molar-refractivity contribution in [3.8, 4) is 0 Å². The quantitative estimate of drug-likeness (QED) is 0.749. The van der Waals surface area contributed by atoms with Crippen molar-refractivity contribution in [2.24, 2.45) is 14.1 Å². The molecular weight excluding hydrogens is 312 g/mol. The van der Waals surface area contributed by atoms with E-state index in [1.165, 1.54) is 17.7 Å². The van der Waals surface area contributed by atoms with Gasteiger partial charge < -0.3 is 10.2 Å². The van der Waals surface area contributed by atoms with Crippen LogP contribution in [0, 0.1) is 0 Å². The van der Waals surface area contributed by atoms with Crippen molar-refractivity contribution in [2.45, 2.75) is 19.0 Å². The van der Waals surface area contributed by atoms with E-state index >= 15 is 0 Å². The number of nitrogens with zero attached hydrogens (tertiary/aromatic N) is 5. The number of anilines is 1. The van der Waals surface area contributed by atoms with Gasteiger partial charge in [-0.15, -0.1) is 0 Å². The van der Waals surface area contributed by atoms with Crippen molar-refractivity contribution in [3.63, 3.8) is 0 Å². The molecule has 1 aliphatic heterocycles. The first kappa shape index (κ1) is 16.0. The first-order valence-corrected chi connectivity index (χ1v) is 7.74. The topological polar surface area (TPSA) is 94.2 Å². The normalized spacial score (nSPS) is 17.2. The molecule has 1 aliphatic rings. The number of carbonyl (C=O) groups excluding carboxylic acids is 1. The monoisotopic (exact) mass is 332 g/mol. The highest BCUT2D eigenvalue weighted by Crippen LogP contribution is 2.17. The molecular formula is C15H20N6O3. The van der Waals surface area contributed by atoms with E-state index < -0.39 is 0 Å². The first-order valence-electron chi connectivity index (χ1n) is 7.74. The second kappa shape index (κ2) is 6.34. The fourth-order valence-corrected chi connectivity index (χ4v) is 2.93. The lowest BCUT2D eigenvalue weighted by Gasteiger charge is -2.21. The zero-order valence-corrected chi connectivity index (χ0v) is 13.7. The molecule has 0 bridgehead atoms. The molecule has 9 heteroatoms. The van der Waals surface area contributed by atoms with Crippen LogP contribution in [0.3, 0.4) is 0 Å². The van der Waals surface area contributed by atoms with Gasteiger partial charge in [0.15, 0.2) is 0 Å². The summed E-state index contributed by atoms with van der Waals surface area (Å²) in [5.41, 5.74) is -0.692. The standard InChI is InChI=1S/C15H20N6O3/c1-18-13(8-14(23)19(2)15(18)24)20-7-4-11(9-20)17-12(22)10-21-6-3-5-16-21/h3,5-6,8,11H,4,7,9-10H2,1-2H3,(H,17,22)/t11-/m0/s1. The molecule has 0 aromatic carbocycles. The van der Waals surface area contributed by atoms with Gasteiger partial charge in [-0.25, -0.2) is 4.79 Å². The maximum absolute atomic E-state index is 12.0. The molecule has 3 heterocycles. The molecule has 9 nitrogen and oxygen atoms in total. The summed E-state index contributed by atoms with van der Waals surface area (Å²) in [5.74, 6) is 0.468. The highest BCUT2D eigenvalue weighted by atomic mass is 16.2. The molecule has 128 valence electrons. The number of hydrogen-bond donors (Lipinski definition) is 1. The number of aromatic nitrogens is 4. The van der Waals surface area contributed by atoms with Crippen molar-refractivity contribution in [1.29, 1.82) is 0 Å². The van der Waals surface area contributed by atoms with Gasteiger partial charge in [-0.3, -0.25) is 23.4 Å². The highest BCUT2D eigenvalue weighted by Gasteiger charge is 2.26. The number of carbonyl (C=O) groups is 1. The Morgan fingerprint density at radius 3 is 2.83 bits per heavy atom. The smallest absolute Gasteiger partial charge is 0.332 e. The fraction of sp³-hybridized carbons (Fsp3) is 0.467. The summed E-state index contributed by atoms with van der Waals surface area (Å²) in [4.78, 5) is 37.9. The van der Waals surface area contributed by atoms with Crippen LogP contribution in [0.2, 0.25) is 0 Å². The molecule has 0 spiro atoms. The Morgan fingerprint density at radius 2 is 2.12 bits per heavy atom. The van der Waals surface area contributed by atoms with E-state index in [2.05, 4.69) is 10.4 Å². The van der Waals surface area contributed by atoms with Gasteiger partial charge in [0, 0.05) is 51.7 Å². The van der Waals surface area contributed by atoms with Crippen LogP contribution in [0.15, 0.2) is 34.1 Å². The summed E-state index contributed by atoms with van der Waals surface area (Å²) in [5, 5.41) is 6.97. The predicted octanol–water partition coefficient (Wildman–Crippen LogP) is -1.32. The van der Waals surface area contributed by atoms with Gasteiger partial charge in [0.2, 0.25) is 5.91 Å². The third kappa shape index (κ3) is 3.10. The van der Waals surface area contributed by atoms with E-state index in [1.54, 1.807) is 30.2 Å². The Hall–Kier alpha value is -2.84. The van der Waals surface area contributed by atoms with Crippen molar-refractivity contribution in [1.82, 2.24) is 24.2 Å². The number of hydrogen-bond acceptors (Lipinski definition) is 5. The third-order valence-electron chi connectivity index (χ3n) is 4.24. The fourth-order valence-electron chi connectivity index (χ4n) is 2.93.